The van der Waals surface area contributed by atoms with Gasteiger partial charge in [0.15, 0.2) is 0 Å². The fourth-order valence-corrected chi connectivity index (χ4v) is 2.48. The first-order valence-corrected chi connectivity index (χ1v) is 7.27. The number of benzene rings is 1. The van der Waals surface area contributed by atoms with Gasteiger partial charge in [-0.05, 0) is 34.5 Å². The van der Waals surface area contributed by atoms with Crippen molar-refractivity contribution in [2.45, 2.75) is 18.6 Å². The van der Waals surface area contributed by atoms with Gasteiger partial charge in [-0.3, -0.25) is 9.59 Å². The number of carbonyl (C=O) groups is 2. The van der Waals surface area contributed by atoms with E-state index >= 15 is 0 Å². The number of anilines is 1. The number of amides is 1. The molecule has 1 amide bonds. The van der Waals surface area contributed by atoms with E-state index in [1.807, 2.05) is 18.2 Å². The van der Waals surface area contributed by atoms with Crippen LogP contribution in [0.5, 0.6) is 0 Å². The number of hydrogen-bond acceptors (Lipinski definition) is 3. The molecular formula is C12H14BrNO3S. The number of nitrogens with one attached hydrogen (secondary N) is 1. The summed E-state index contributed by atoms with van der Waals surface area (Å²) in [5.74, 6) is -0.950. The summed E-state index contributed by atoms with van der Waals surface area (Å²) in [6.07, 6.45) is 0.502. The van der Waals surface area contributed by atoms with Crippen molar-refractivity contribution in [3.05, 3.63) is 28.7 Å². The van der Waals surface area contributed by atoms with Gasteiger partial charge in [0.1, 0.15) is 5.25 Å². The molecule has 0 aliphatic rings. The largest absolute Gasteiger partial charge is 0.480 e. The van der Waals surface area contributed by atoms with Crippen LogP contribution in [0.3, 0.4) is 0 Å². The zero-order valence-electron chi connectivity index (χ0n) is 9.85. The van der Waals surface area contributed by atoms with Crippen LogP contribution in [0.25, 0.3) is 0 Å². The van der Waals surface area contributed by atoms with Crippen molar-refractivity contribution in [2.24, 2.45) is 0 Å². The van der Waals surface area contributed by atoms with E-state index in [0.29, 0.717) is 12.1 Å². The van der Waals surface area contributed by atoms with Crippen LogP contribution in [0.4, 0.5) is 5.69 Å². The molecule has 4 nitrogen and oxygen atoms in total. The lowest BCUT2D eigenvalue weighted by Crippen LogP contribution is -2.21. The van der Waals surface area contributed by atoms with Crippen molar-refractivity contribution < 1.29 is 14.7 Å². The highest BCUT2D eigenvalue weighted by molar-refractivity contribution is 9.10. The molecular weight excluding hydrogens is 318 g/mol. The molecule has 2 N–H and O–H groups in total. The van der Waals surface area contributed by atoms with Crippen molar-refractivity contribution in [3.63, 3.8) is 0 Å². The Hall–Kier alpha value is -1.01. The predicted octanol–water partition coefficient (Wildman–Crippen LogP) is 2.98. The van der Waals surface area contributed by atoms with Gasteiger partial charge in [0.05, 0.1) is 11.4 Å². The molecule has 0 saturated carbocycles. The molecule has 18 heavy (non-hydrogen) atoms. The van der Waals surface area contributed by atoms with Crippen LogP contribution in [0.1, 0.15) is 13.3 Å². The van der Waals surface area contributed by atoms with Crippen LogP contribution in [0.15, 0.2) is 28.7 Å². The van der Waals surface area contributed by atoms with Crippen LogP contribution in [-0.4, -0.2) is 28.0 Å². The Labute approximate surface area is 118 Å². The van der Waals surface area contributed by atoms with Crippen LogP contribution >= 0.6 is 27.7 Å². The Morgan fingerprint density at radius 1 is 1.44 bits per heavy atom. The van der Waals surface area contributed by atoms with Gasteiger partial charge >= 0.3 is 5.97 Å². The van der Waals surface area contributed by atoms with Gasteiger partial charge in [0.2, 0.25) is 5.91 Å². The van der Waals surface area contributed by atoms with Gasteiger partial charge in [-0.1, -0.05) is 19.1 Å². The lowest BCUT2D eigenvalue weighted by Gasteiger charge is -2.10. The molecule has 1 unspecified atom stereocenters. The first-order chi connectivity index (χ1) is 8.54. The lowest BCUT2D eigenvalue weighted by molar-refractivity contribution is -0.136. The number of carbonyl (C=O) groups excluding carboxylic acids is 1. The van der Waals surface area contributed by atoms with Gasteiger partial charge < -0.3 is 10.4 Å². The quantitative estimate of drug-likeness (QED) is 0.840. The summed E-state index contributed by atoms with van der Waals surface area (Å²) in [4.78, 5) is 22.5. The standard InChI is InChI=1S/C12H14BrNO3S/c1-2-10(12(16)17)18-7-11(15)14-9-6-4-3-5-8(9)13/h3-6,10H,2,7H2,1H3,(H,14,15)(H,16,17). The van der Waals surface area contributed by atoms with Crippen LogP contribution in [-0.2, 0) is 9.59 Å². The highest BCUT2D eigenvalue weighted by atomic mass is 79.9. The van der Waals surface area contributed by atoms with Crippen molar-refractivity contribution in [1.29, 1.82) is 0 Å². The van der Waals surface area contributed by atoms with E-state index in [9.17, 15) is 9.59 Å². The number of hydrogen-bond donors (Lipinski definition) is 2. The van der Waals surface area contributed by atoms with Gasteiger partial charge in [-0.25, -0.2) is 0 Å². The minimum atomic E-state index is -0.879. The molecule has 0 heterocycles. The molecule has 1 atom stereocenters. The number of halogens is 1. The third-order valence-electron chi connectivity index (χ3n) is 2.21. The molecule has 1 rings (SSSR count). The maximum atomic E-state index is 11.7. The number of carboxylic acids is 1. The smallest absolute Gasteiger partial charge is 0.316 e. The van der Waals surface area contributed by atoms with E-state index in [1.54, 1.807) is 13.0 Å². The van der Waals surface area contributed by atoms with Gasteiger partial charge in [-0.2, -0.15) is 0 Å². The highest BCUT2D eigenvalue weighted by Crippen LogP contribution is 2.22. The average Bonchev–Trinajstić information content (AvgIpc) is 2.32. The maximum absolute atomic E-state index is 11.7. The topological polar surface area (TPSA) is 66.4 Å². The number of aliphatic carboxylic acids is 1. The number of thioether (sulfide) groups is 1. The Morgan fingerprint density at radius 2 is 2.11 bits per heavy atom. The van der Waals surface area contributed by atoms with Gasteiger partial charge in [0, 0.05) is 4.47 Å². The maximum Gasteiger partial charge on any atom is 0.316 e. The summed E-state index contributed by atoms with van der Waals surface area (Å²) in [6, 6.07) is 7.28. The minimum Gasteiger partial charge on any atom is -0.480 e. The Bertz CT molecular complexity index is 439. The Balaban J connectivity index is 2.48. The second-order valence-electron chi connectivity index (χ2n) is 3.57. The molecule has 0 aliphatic heterocycles. The molecule has 0 saturated heterocycles. The van der Waals surface area contributed by atoms with E-state index in [-0.39, 0.29) is 11.7 Å². The van der Waals surface area contributed by atoms with Crippen molar-refractivity contribution in [1.82, 2.24) is 0 Å². The monoisotopic (exact) mass is 331 g/mol. The molecule has 98 valence electrons. The Kier molecular flexibility index (Phi) is 6.21. The van der Waals surface area contributed by atoms with E-state index in [1.165, 1.54) is 0 Å². The van der Waals surface area contributed by atoms with Crippen molar-refractivity contribution >= 4 is 45.3 Å². The third-order valence-corrected chi connectivity index (χ3v) is 4.27. The zero-order valence-corrected chi connectivity index (χ0v) is 12.3. The second kappa shape index (κ2) is 7.43. The SMILES string of the molecule is CCC(SCC(=O)Nc1ccccc1Br)C(=O)O. The summed E-state index contributed by atoms with van der Waals surface area (Å²) in [5, 5.41) is 11.1. The zero-order chi connectivity index (χ0) is 13.5. The number of carboxylic acid groups (broad SMARTS) is 1. The summed E-state index contributed by atoms with van der Waals surface area (Å²) < 4.78 is 0.800. The fourth-order valence-electron chi connectivity index (χ4n) is 1.29. The minimum absolute atomic E-state index is 0.131. The third kappa shape index (κ3) is 4.70. The fraction of sp³-hybridized carbons (Fsp3) is 0.333. The highest BCUT2D eigenvalue weighted by Gasteiger charge is 2.17. The summed E-state index contributed by atoms with van der Waals surface area (Å²) >= 11 is 4.46. The molecule has 0 fully saturated rings. The molecule has 0 spiro atoms. The first kappa shape index (κ1) is 15.0. The van der Waals surface area contributed by atoms with Crippen LogP contribution < -0.4 is 5.32 Å². The molecule has 0 bridgehead atoms. The number of para-hydroxylation sites is 1. The molecule has 0 aliphatic carbocycles. The summed E-state index contributed by atoms with van der Waals surface area (Å²) in [7, 11) is 0. The van der Waals surface area contributed by atoms with E-state index in [4.69, 9.17) is 5.11 Å². The van der Waals surface area contributed by atoms with Gasteiger partial charge in [0.25, 0.3) is 0 Å². The molecule has 6 heteroatoms. The van der Waals surface area contributed by atoms with E-state index < -0.39 is 11.2 Å². The van der Waals surface area contributed by atoms with Crippen molar-refractivity contribution in [2.75, 3.05) is 11.1 Å². The van der Waals surface area contributed by atoms with E-state index in [2.05, 4.69) is 21.2 Å². The molecule has 0 radical (unpaired) electrons. The predicted molar refractivity (Wildman–Crippen MR) is 76.9 cm³/mol. The van der Waals surface area contributed by atoms with Crippen molar-refractivity contribution in [3.8, 4) is 0 Å². The average molecular weight is 332 g/mol. The van der Waals surface area contributed by atoms with E-state index in [0.717, 1.165) is 16.2 Å². The second-order valence-corrected chi connectivity index (χ2v) is 5.62. The normalized spacial score (nSPS) is 11.9. The Morgan fingerprint density at radius 3 is 2.67 bits per heavy atom. The molecule has 1 aromatic carbocycles. The summed E-state index contributed by atoms with van der Waals surface area (Å²) in [5.41, 5.74) is 0.687. The lowest BCUT2D eigenvalue weighted by atomic mass is 10.3. The summed E-state index contributed by atoms with van der Waals surface area (Å²) in [6.45, 7) is 1.79. The molecule has 0 aromatic heterocycles. The first-order valence-electron chi connectivity index (χ1n) is 5.43. The number of rotatable bonds is 6. The van der Waals surface area contributed by atoms with Crippen LogP contribution in [0, 0.1) is 0 Å². The van der Waals surface area contributed by atoms with Crippen LogP contribution in [0.2, 0.25) is 0 Å². The molecule has 1 aromatic rings. The van der Waals surface area contributed by atoms with Gasteiger partial charge in [-0.15, -0.1) is 11.8 Å².